The van der Waals surface area contributed by atoms with Crippen LogP contribution in [0.2, 0.25) is 0 Å². The molecule has 1 aromatic carbocycles. The maximum Gasteiger partial charge on any atom is 0.123 e. The van der Waals surface area contributed by atoms with E-state index in [1.807, 2.05) is 0 Å². The lowest BCUT2D eigenvalue weighted by Crippen LogP contribution is -2.27. The Bertz CT molecular complexity index is 421. The van der Waals surface area contributed by atoms with Crippen LogP contribution < -0.4 is 10.1 Å². The molecule has 0 aromatic heterocycles. The van der Waals surface area contributed by atoms with Gasteiger partial charge in [0.1, 0.15) is 11.9 Å². The predicted octanol–water partition coefficient (Wildman–Crippen LogP) is 3.82. The van der Waals surface area contributed by atoms with Crippen LogP contribution in [-0.2, 0) is 13.0 Å². The van der Waals surface area contributed by atoms with Crippen LogP contribution in [0.5, 0.6) is 5.75 Å². The largest absolute Gasteiger partial charge is 0.490 e. The van der Waals surface area contributed by atoms with E-state index in [2.05, 4.69) is 30.4 Å². The summed E-state index contributed by atoms with van der Waals surface area (Å²) in [4.78, 5) is 0. The van der Waals surface area contributed by atoms with Crippen LogP contribution in [0.15, 0.2) is 18.2 Å². The minimum absolute atomic E-state index is 0.347. The Morgan fingerprint density at radius 1 is 1.16 bits per heavy atom. The molecule has 0 amide bonds. The molecule has 0 radical (unpaired) electrons. The van der Waals surface area contributed by atoms with E-state index < -0.39 is 0 Å². The summed E-state index contributed by atoms with van der Waals surface area (Å²) in [7, 11) is 0. The van der Waals surface area contributed by atoms with Gasteiger partial charge in [-0.2, -0.15) is 0 Å². The first-order chi connectivity index (χ1) is 9.31. The molecule has 0 saturated heterocycles. The van der Waals surface area contributed by atoms with E-state index in [1.54, 1.807) is 0 Å². The Morgan fingerprint density at radius 2 is 1.95 bits per heavy atom. The van der Waals surface area contributed by atoms with Crippen LogP contribution >= 0.6 is 0 Å². The third-order valence-corrected chi connectivity index (χ3v) is 4.41. The molecule has 1 aliphatic carbocycles. The summed E-state index contributed by atoms with van der Waals surface area (Å²) < 4.78 is 5.75. The Morgan fingerprint density at radius 3 is 2.74 bits per heavy atom. The molecule has 1 heterocycles. The summed E-state index contributed by atoms with van der Waals surface area (Å²) >= 11 is 0. The summed E-state index contributed by atoms with van der Waals surface area (Å²) in [5.41, 5.74) is 2.79. The molecule has 1 N–H and O–H groups in total. The van der Waals surface area contributed by atoms with Crippen LogP contribution in [0.3, 0.4) is 0 Å². The van der Waals surface area contributed by atoms with E-state index in [1.165, 1.54) is 49.7 Å². The SMILES string of the molecule is CC1Cc2cc(CNC3CCCCCC3)ccc2O1. The van der Waals surface area contributed by atoms with Gasteiger partial charge in [-0.15, -0.1) is 0 Å². The van der Waals surface area contributed by atoms with E-state index >= 15 is 0 Å². The Labute approximate surface area is 116 Å². The zero-order valence-corrected chi connectivity index (χ0v) is 12.0. The van der Waals surface area contributed by atoms with Gasteiger partial charge in [-0.3, -0.25) is 0 Å². The molecular weight excluding hydrogens is 234 g/mol. The molecule has 1 aromatic rings. The second-order valence-electron chi connectivity index (χ2n) is 6.14. The smallest absolute Gasteiger partial charge is 0.123 e. The van der Waals surface area contributed by atoms with Gasteiger partial charge in [-0.25, -0.2) is 0 Å². The number of fused-ring (bicyclic) bond motifs is 1. The van der Waals surface area contributed by atoms with Gasteiger partial charge in [0.25, 0.3) is 0 Å². The average Bonchev–Trinajstić information content (AvgIpc) is 2.62. The average molecular weight is 259 g/mol. The van der Waals surface area contributed by atoms with E-state index in [9.17, 15) is 0 Å². The number of nitrogens with one attached hydrogen (secondary N) is 1. The molecule has 1 saturated carbocycles. The lowest BCUT2D eigenvalue weighted by Gasteiger charge is -2.16. The quantitative estimate of drug-likeness (QED) is 0.833. The highest BCUT2D eigenvalue weighted by Crippen LogP contribution is 2.29. The first-order valence-corrected chi connectivity index (χ1v) is 7.83. The highest BCUT2D eigenvalue weighted by Gasteiger charge is 2.19. The fourth-order valence-corrected chi connectivity index (χ4v) is 3.33. The van der Waals surface area contributed by atoms with Gasteiger partial charge in [0, 0.05) is 19.0 Å². The van der Waals surface area contributed by atoms with Crippen LogP contribution in [0.25, 0.3) is 0 Å². The molecule has 2 aliphatic rings. The number of benzene rings is 1. The number of rotatable bonds is 3. The zero-order chi connectivity index (χ0) is 13.1. The molecule has 0 spiro atoms. The molecule has 1 atom stereocenters. The van der Waals surface area contributed by atoms with Crippen LogP contribution in [-0.4, -0.2) is 12.1 Å². The highest BCUT2D eigenvalue weighted by molar-refractivity contribution is 5.40. The maximum atomic E-state index is 5.75. The van der Waals surface area contributed by atoms with Crippen molar-refractivity contribution in [1.29, 1.82) is 0 Å². The molecule has 19 heavy (non-hydrogen) atoms. The topological polar surface area (TPSA) is 21.3 Å². The van der Waals surface area contributed by atoms with Gasteiger partial charge in [0.2, 0.25) is 0 Å². The molecule has 3 rings (SSSR count). The molecule has 1 aliphatic heterocycles. The van der Waals surface area contributed by atoms with E-state index in [-0.39, 0.29) is 0 Å². The van der Waals surface area contributed by atoms with Crippen LogP contribution in [0.4, 0.5) is 0 Å². The lowest BCUT2D eigenvalue weighted by atomic mass is 10.1. The first kappa shape index (κ1) is 13.0. The second-order valence-corrected chi connectivity index (χ2v) is 6.14. The van der Waals surface area contributed by atoms with Gasteiger partial charge in [0.05, 0.1) is 0 Å². The Hall–Kier alpha value is -1.02. The maximum absolute atomic E-state index is 5.75. The molecule has 2 heteroatoms. The van der Waals surface area contributed by atoms with Crippen molar-refractivity contribution in [2.45, 2.75) is 70.6 Å². The number of ether oxygens (including phenoxy) is 1. The zero-order valence-electron chi connectivity index (χ0n) is 12.0. The highest BCUT2D eigenvalue weighted by atomic mass is 16.5. The van der Waals surface area contributed by atoms with Crippen molar-refractivity contribution in [2.75, 3.05) is 0 Å². The normalized spacial score (nSPS) is 23.7. The van der Waals surface area contributed by atoms with E-state index in [0.29, 0.717) is 6.10 Å². The summed E-state index contributed by atoms with van der Waals surface area (Å²) in [6, 6.07) is 7.40. The third-order valence-electron chi connectivity index (χ3n) is 4.41. The van der Waals surface area contributed by atoms with Crippen molar-refractivity contribution >= 4 is 0 Å². The minimum atomic E-state index is 0.347. The third kappa shape index (κ3) is 3.30. The molecule has 2 nitrogen and oxygen atoms in total. The summed E-state index contributed by atoms with van der Waals surface area (Å²) in [6.07, 6.45) is 9.75. The molecule has 1 unspecified atom stereocenters. The predicted molar refractivity (Wildman–Crippen MR) is 78.6 cm³/mol. The van der Waals surface area contributed by atoms with Crippen molar-refractivity contribution in [3.63, 3.8) is 0 Å². The summed E-state index contributed by atoms with van der Waals surface area (Å²) in [5, 5.41) is 3.74. The standard InChI is InChI=1S/C17H25NO/c1-13-10-15-11-14(8-9-17(15)19-13)12-18-16-6-4-2-3-5-7-16/h8-9,11,13,16,18H,2-7,10,12H2,1H3. The molecule has 0 bridgehead atoms. The Balaban J connectivity index is 1.57. The van der Waals surface area contributed by atoms with Crippen molar-refractivity contribution in [3.05, 3.63) is 29.3 Å². The van der Waals surface area contributed by atoms with Gasteiger partial charge < -0.3 is 10.1 Å². The molecule has 104 valence electrons. The second kappa shape index (κ2) is 5.96. The number of hydrogen-bond donors (Lipinski definition) is 1. The van der Waals surface area contributed by atoms with Crippen LogP contribution in [0.1, 0.15) is 56.6 Å². The lowest BCUT2D eigenvalue weighted by molar-refractivity contribution is 0.254. The number of hydrogen-bond acceptors (Lipinski definition) is 2. The van der Waals surface area contributed by atoms with Crippen molar-refractivity contribution < 1.29 is 4.74 Å². The van der Waals surface area contributed by atoms with Crippen molar-refractivity contribution in [1.82, 2.24) is 5.32 Å². The first-order valence-electron chi connectivity index (χ1n) is 7.83. The van der Waals surface area contributed by atoms with Crippen molar-refractivity contribution in [3.8, 4) is 5.75 Å². The van der Waals surface area contributed by atoms with Gasteiger partial charge >= 0.3 is 0 Å². The fraction of sp³-hybridized carbons (Fsp3) is 0.647. The van der Waals surface area contributed by atoms with Gasteiger partial charge in [-0.1, -0.05) is 37.8 Å². The molecule has 1 fully saturated rings. The fourth-order valence-electron chi connectivity index (χ4n) is 3.33. The van der Waals surface area contributed by atoms with E-state index in [4.69, 9.17) is 4.74 Å². The Kier molecular flexibility index (Phi) is 4.07. The summed E-state index contributed by atoms with van der Waals surface area (Å²) in [6.45, 7) is 3.15. The monoisotopic (exact) mass is 259 g/mol. The minimum Gasteiger partial charge on any atom is -0.490 e. The van der Waals surface area contributed by atoms with Crippen molar-refractivity contribution in [2.24, 2.45) is 0 Å². The van der Waals surface area contributed by atoms with E-state index in [0.717, 1.165) is 24.8 Å². The van der Waals surface area contributed by atoms with Crippen LogP contribution in [0, 0.1) is 0 Å². The summed E-state index contributed by atoms with van der Waals surface area (Å²) in [5.74, 6) is 1.09. The van der Waals surface area contributed by atoms with Gasteiger partial charge in [-0.05, 0) is 37.0 Å². The van der Waals surface area contributed by atoms with Gasteiger partial charge in [0.15, 0.2) is 0 Å². The molecular formula is C17H25NO.